The maximum Gasteiger partial charge on any atom is 0.162 e. The van der Waals surface area contributed by atoms with E-state index in [0.717, 1.165) is 0 Å². The standard InChI is InChI=1S/C7H15IO2S/c1-5-11(9,10)6(8)7(2,3)4/h6H,5H2,1-4H3. The van der Waals surface area contributed by atoms with E-state index < -0.39 is 9.84 Å². The van der Waals surface area contributed by atoms with E-state index in [0.29, 0.717) is 0 Å². The third-order valence-electron chi connectivity index (χ3n) is 1.40. The van der Waals surface area contributed by atoms with Crippen LogP contribution in [0.5, 0.6) is 0 Å². The van der Waals surface area contributed by atoms with Crippen LogP contribution in [0, 0.1) is 5.41 Å². The van der Waals surface area contributed by atoms with E-state index in [2.05, 4.69) is 0 Å². The lowest BCUT2D eigenvalue weighted by Crippen LogP contribution is -2.29. The molecule has 4 heteroatoms. The van der Waals surface area contributed by atoms with E-state index in [4.69, 9.17) is 0 Å². The van der Waals surface area contributed by atoms with Gasteiger partial charge in [0.1, 0.15) is 3.26 Å². The summed E-state index contributed by atoms with van der Waals surface area (Å²) >= 11 is 2.00. The average Bonchev–Trinajstić information content (AvgIpc) is 1.84. The number of hydrogen-bond donors (Lipinski definition) is 0. The number of rotatable bonds is 2. The first-order chi connectivity index (χ1) is 4.72. The molecule has 0 radical (unpaired) electrons. The highest BCUT2D eigenvalue weighted by Gasteiger charge is 2.32. The van der Waals surface area contributed by atoms with Crippen molar-refractivity contribution in [1.82, 2.24) is 0 Å². The van der Waals surface area contributed by atoms with E-state index in [1.165, 1.54) is 0 Å². The molecule has 0 aliphatic heterocycles. The smallest absolute Gasteiger partial charge is 0.162 e. The van der Waals surface area contributed by atoms with Gasteiger partial charge in [-0.25, -0.2) is 8.42 Å². The molecule has 0 aromatic carbocycles. The Kier molecular flexibility index (Phi) is 3.82. The normalized spacial score (nSPS) is 16.5. The van der Waals surface area contributed by atoms with Gasteiger partial charge in [-0.1, -0.05) is 50.3 Å². The monoisotopic (exact) mass is 290 g/mol. The molecule has 0 aromatic rings. The first kappa shape index (κ1) is 11.7. The number of sulfone groups is 1. The highest BCUT2D eigenvalue weighted by Crippen LogP contribution is 2.31. The summed E-state index contributed by atoms with van der Waals surface area (Å²) < 4.78 is 22.4. The van der Waals surface area contributed by atoms with Crippen molar-refractivity contribution in [3.8, 4) is 0 Å². The minimum atomic E-state index is -2.87. The molecular formula is C7H15IO2S. The summed E-state index contributed by atoms with van der Waals surface area (Å²) in [5.41, 5.74) is -0.157. The van der Waals surface area contributed by atoms with Gasteiger partial charge in [0.25, 0.3) is 0 Å². The van der Waals surface area contributed by atoms with Crippen molar-refractivity contribution < 1.29 is 8.42 Å². The summed E-state index contributed by atoms with van der Waals surface area (Å²) in [6.07, 6.45) is 0. The Balaban J connectivity index is 4.64. The molecule has 0 N–H and O–H groups in total. The van der Waals surface area contributed by atoms with Crippen molar-refractivity contribution >= 4 is 32.4 Å². The molecule has 11 heavy (non-hydrogen) atoms. The highest BCUT2D eigenvalue weighted by atomic mass is 127. The molecule has 0 saturated heterocycles. The molecule has 1 unspecified atom stereocenters. The SMILES string of the molecule is CCS(=O)(=O)C(I)C(C)(C)C. The average molecular weight is 290 g/mol. The predicted molar refractivity (Wildman–Crippen MR) is 56.7 cm³/mol. The van der Waals surface area contributed by atoms with Crippen LogP contribution in [0.1, 0.15) is 27.7 Å². The maximum atomic E-state index is 11.3. The van der Waals surface area contributed by atoms with Gasteiger partial charge in [-0.05, 0) is 5.41 Å². The van der Waals surface area contributed by atoms with Gasteiger partial charge in [-0.2, -0.15) is 0 Å². The molecular weight excluding hydrogens is 275 g/mol. The lowest BCUT2D eigenvalue weighted by atomic mass is 10.0. The molecule has 0 spiro atoms. The van der Waals surface area contributed by atoms with Gasteiger partial charge >= 0.3 is 0 Å². The zero-order valence-corrected chi connectivity index (χ0v) is 10.4. The van der Waals surface area contributed by atoms with Gasteiger partial charge in [0.15, 0.2) is 9.84 Å². The van der Waals surface area contributed by atoms with E-state index >= 15 is 0 Å². The second kappa shape index (κ2) is 3.60. The van der Waals surface area contributed by atoms with Crippen LogP contribution in [0.4, 0.5) is 0 Å². The third-order valence-corrected chi connectivity index (χ3v) is 7.73. The summed E-state index contributed by atoms with van der Waals surface area (Å²) in [6.45, 7) is 7.51. The number of hydrogen-bond acceptors (Lipinski definition) is 2. The second-order valence-electron chi connectivity index (χ2n) is 3.63. The highest BCUT2D eigenvalue weighted by molar-refractivity contribution is 14.1. The Bertz CT molecular complexity index is 213. The van der Waals surface area contributed by atoms with Gasteiger partial charge in [0, 0.05) is 5.75 Å². The topological polar surface area (TPSA) is 34.1 Å². The fraction of sp³-hybridized carbons (Fsp3) is 1.00. The lowest BCUT2D eigenvalue weighted by molar-refractivity contribution is 0.451. The Hall–Kier alpha value is 0.680. The van der Waals surface area contributed by atoms with Crippen molar-refractivity contribution in [3.05, 3.63) is 0 Å². The molecule has 0 bridgehead atoms. The Morgan fingerprint density at radius 2 is 1.73 bits per heavy atom. The molecule has 0 aliphatic rings. The van der Waals surface area contributed by atoms with Crippen molar-refractivity contribution in [2.75, 3.05) is 5.75 Å². The van der Waals surface area contributed by atoms with Gasteiger partial charge in [0.05, 0.1) is 0 Å². The Morgan fingerprint density at radius 3 is 1.82 bits per heavy atom. The molecule has 0 aliphatic carbocycles. The summed E-state index contributed by atoms with van der Waals surface area (Å²) in [6, 6.07) is 0. The van der Waals surface area contributed by atoms with Crippen LogP contribution in [-0.2, 0) is 9.84 Å². The van der Waals surface area contributed by atoms with Crippen LogP contribution in [-0.4, -0.2) is 17.4 Å². The summed E-state index contributed by atoms with van der Waals surface area (Å²) in [4.78, 5) is 0. The summed E-state index contributed by atoms with van der Waals surface area (Å²) in [5, 5.41) is 0. The Morgan fingerprint density at radius 1 is 1.36 bits per heavy atom. The molecule has 0 aromatic heterocycles. The van der Waals surface area contributed by atoms with E-state index in [9.17, 15) is 8.42 Å². The molecule has 68 valence electrons. The molecule has 0 heterocycles. The summed E-state index contributed by atoms with van der Waals surface area (Å²) in [5.74, 6) is 0.234. The quantitative estimate of drug-likeness (QED) is 0.577. The fourth-order valence-electron chi connectivity index (χ4n) is 0.685. The summed E-state index contributed by atoms with van der Waals surface area (Å²) in [7, 11) is -2.87. The zero-order chi connectivity index (χ0) is 9.28. The fourth-order valence-corrected chi connectivity index (χ4v) is 3.13. The lowest BCUT2D eigenvalue weighted by Gasteiger charge is -2.24. The van der Waals surface area contributed by atoms with Crippen LogP contribution < -0.4 is 0 Å². The molecule has 0 fully saturated rings. The largest absolute Gasteiger partial charge is 0.228 e. The molecule has 1 atom stereocenters. The molecule has 0 amide bonds. The van der Waals surface area contributed by atoms with Gasteiger partial charge < -0.3 is 0 Å². The first-order valence-corrected chi connectivity index (χ1v) is 6.53. The number of alkyl halides is 1. The molecule has 2 nitrogen and oxygen atoms in total. The first-order valence-electron chi connectivity index (χ1n) is 3.57. The van der Waals surface area contributed by atoms with Crippen LogP contribution in [0.25, 0.3) is 0 Å². The molecule has 0 rings (SSSR count). The van der Waals surface area contributed by atoms with Crippen LogP contribution in [0.2, 0.25) is 0 Å². The number of halogens is 1. The molecule has 0 saturated carbocycles. The van der Waals surface area contributed by atoms with E-state index in [1.807, 2.05) is 43.4 Å². The van der Waals surface area contributed by atoms with Crippen LogP contribution in [0.15, 0.2) is 0 Å². The minimum absolute atomic E-state index is 0.157. The van der Waals surface area contributed by atoms with Gasteiger partial charge in [-0.15, -0.1) is 0 Å². The van der Waals surface area contributed by atoms with Crippen molar-refractivity contribution in [3.63, 3.8) is 0 Å². The van der Waals surface area contributed by atoms with Crippen molar-refractivity contribution in [2.45, 2.75) is 31.0 Å². The van der Waals surface area contributed by atoms with Gasteiger partial charge in [0.2, 0.25) is 0 Å². The van der Waals surface area contributed by atoms with Gasteiger partial charge in [-0.3, -0.25) is 0 Å². The van der Waals surface area contributed by atoms with Crippen molar-refractivity contribution in [1.29, 1.82) is 0 Å². The van der Waals surface area contributed by atoms with E-state index in [-0.39, 0.29) is 14.4 Å². The van der Waals surface area contributed by atoms with Crippen LogP contribution in [0.3, 0.4) is 0 Å². The third kappa shape index (κ3) is 3.27. The minimum Gasteiger partial charge on any atom is -0.228 e. The Labute approximate surface area is 82.8 Å². The van der Waals surface area contributed by atoms with Crippen LogP contribution >= 0.6 is 22.6 Å². The van der Waals surface area contributed by atoms with Crippen molar-refractivity contribution in [2.24, 2.45) is 5.41 Å². The second-order valence-corrected chi connectivity index (χ2v) is 8.10. The zero-order valence-electron chi connectivity index (χ0n) is 7.39. The van der Waals surface area contributed by atoms with E-state index in [1.54, 1.807) is 6.92 Å². The maximum absolute atomic E-state index is 11.3. The predicted octanol–water partition coefficient (Wildman–Crippen LogP) is 2.23.